The Hall–Kier alpha value is -4.66. The van der Waals surface area contributed by atoms with Gasteiger partial charge in [0.1, 0.15) is 23.0 Å². The Morgan fingerprint density at radius 3 is 1.92 bits per heavy atom. The van der Waals surface area contributed by atoms with Crippen molar-refractivity contribution in [1.82, 2.24) is 0 Å². The summed E-state index contributed by atoms with van der Waals surface area (Å²) in [5.41, 5.74) is 1.27. The molecule has 3 aromatic carbocycles. The van der Waals surface area contributed by atoms with E-state index in [9.17, 15) is 18.8 Å². The average Bonchev–Trinajstić information content (AvgIpc) is 2.90. The Balaban J connectivity index is 1.50. The van der Waals surface area contributed by atoms with Gasteiger partial charge < -0.3 is 23.7 Å². The zero-order valence-electron chi connectivity index (χ0n) is 20.3. The molecule has 0 aliphatic rings. The third-order valence-electron chi connectivity index (χ3n) is 4.99. The normalized spacial score (nSPS) is 10.2. The standard InChI is InChI=1S/C28H25FO8/c1-18-17-24(36-27(31)20-5-9-22(33-3)10-6-20)13-14-25(18)37-28(32)21-7-11-23(12-8-21)34-15-4-16-35-26(30)19(2)29/h5-14,17H,2,4,15-16H2,1,3H3. The van der Waals surface area contributed by atoms with Crippen LogP contribution in [0.2, 0.25) is 0 Å². The summed E-state index contributed by atoms with van der Waals surface area (Å²) in [6.07, 6.45) is 0.355. The van der Waals surface area contributed by atoms with Crippen LogP contribution in [-0.4, -0.2) is 38.2 Å². The fourth-order valence-corrected chi connectivity index (χ4v) is 3.03. The molecule has 0 aromatic heterocycles. The van der Waals surface area contributed by atoms with E-state index < -0.39 is 23.7 Å². The highest BCUT2D eigenvalue weighted by molar-refractivity contribution is 5.92. The van der Waals surface area contributed by atoms with Crippen LogP contribution in [0.25, 0.3) is 0 Å². The van der Waals surface area contributed by atoms with E-state index in [0.29, 0.717) is 46.1 Å². The summed E-state index contributed by atoms with van der Waals surface area (Å²) in [4.78, 5) is 35.9. The van der Waals surface area contributed by atoms with Crippen molar-refractivity contribution in [2.75, 3.05) is 20.3 Å². The monoisotopic (exact) mass is 508 g/mol. The molecule has 0 heterocycles. The summed E-state index contributed by atoms with van der Waals surface area (Å²) in [5, 5.41) is 0. The maximum absolute atomic E-state index is 12.6. The third kappa shape index (κ3) is 7.93. The molecule has 0 atom stereocenters. The molecule has 0 N–H and O–H groups in total. The number of hydrogen-bond acceptors (Lipinski definition) is 8. The number of carbonyl (C=O) groups excluding carboxylic acids is 3. The first kappa shape index (κ1) is 26.9. The molecule has 192 valence electrons. The lowest BCUT2D eigenvalue weighted by Gasteiger charge is -2.11. The van der Waals surface area contributed by atoms with Gasteiger partial charge in [0.2, 0.25) is 5.83 Å². The van der Waals surface area contributed by atoms with Gasteiger partial charge in [-0.3, -0.25) is 0 Å². The first-order valence-electron chi connectivity index (χ1n) is 11.2. The molecule has 37 heavy (non-hydrogen) atoms. The predicted octanol–water partition coefficient (Wildman–Crippen LogP) is 5.24. The van der Waals surface area contributed by atoms with E-state index in [2.05, 4.69) is 11.3 Å². The number of methoxy groups -OCH3 is 1. The maximum Gasteiger partial charge on any atom is 0.366 e. The van der Waals surface area contributed by atoms with Crippen LogP contribution in [0.3, 0.4) is 0 Å². The topological polar surface area (TPSA) is 97.4 Å². The van der Waals surface area contributed by atoms with Crippen LogP contribution >= 0.6 is 0 Å². The lowest BCUT2D eigenvalue weighted by Crippen LogP contribution is -2.11. The number of esters is 3. The summed E-state index contributed by atoms with van der Waals surface area (Å²) >= 11 is 0. The van der Waals surface area contributed by atoms with Gasteiger partial charge in [-0.05, 0) is 79.2 Å². The van der Waals surface area contributed by atoms with E-state index in [1.54, 1.807) is 67.6 Å². The van der Waals surface area contributed by atoms with Crippen LogP contribution in [-0.2, 0) is 9.53 Å². The molecule has 0 radical (unpaired) electrons. The van der Waals surface area contributed by atoms with E-state index in [-0.39, 0.29) is 13.2 Å². The molecule has 9 heteroatoms. The second kappa shape index (κ2) is 12.9. The predicted molar refractivity (Wildman–Crippen MR) is 132 cm³/mol. The quantitative estimate of drug-likeness (QED) is 0.150. The lowest BCUT2D eigenvalue weighted by atomic mass is 10.2. The number of hydrogen-bond donors (Lipinski definition) is 0. The second-order valence-corrected chi connectivity index (χ2v) is 7.70. The van der Waals surface area contributed by atoms with Crippen LogP contribution in [0.1, 0.15) is 32.7 Å². The van der Waals surface area contributed by atoms with Gasteiger partial charge in [-0.2, -0.15) is 4.39 Å². The summed E-state index contributed by atoms with van der Waals surface area (Å²) < 4.78 is 38.6. The van der Waals surface area contributed by atoms with Crippen molar-refractivity contribution in [2.45, 2.75) is 13.3 Å². The zero-order chi connectivity index (χ0) is 26.8. The molecule has 0 amide bonds. The minimum absolute atomic E-state index is 0.00892. The Morgan fingerprint density at radius 2 is 1.35 bits per heavy atom. The summed E-state index contributed by atoms with van der Waals surface area (Å²) in [5.74, 6) is -1.59. The molecular formula is C28H25FO8. The zero-order valence-corrected chi connectivity index (χ0v) is 20.3. The number of rotatable bonds is 11. The van der Waals surface area contributed by atoms with Crippen LogP contribution in [0, 0.1) is 6.92 Å². The van der Waals surface area contributed by atoms with E-state index in [0.717, 1.165) is 0 Å². The van der Waals surface area contributed by atoms with Crippen molar-refractivity contribution >= 4 is 17.9 Å². The molecule has 0 saturated carbocycles. The van der Waals surface area contributed by atoms with Gasteiger partial charge >= 0.3 is 17.9 Å². The van der Waals surface area contributed by atoms with Crippen molar-refractivity contribution in [3.63, 3.8) is 0 Å². The second-order valence-electron chi connectivity index (χ2n) is 7.70. The Bertz CT molecular complexity index is 1270. The third-order valence-corrected chi connectivity index (χ3v) is 4.99. The Morgan fingerprint density at radius 1 is 0.784 bits per heavy atom. The van der Waals surface area contributed by atoms with Crippen molar-refractivity contribution in [3.05, 3.63) is 95.8 Å². The fraction of sp³-hybridized carbons (Fsp3) is 0.179. The van der Waals surface area contributed by atoms with Crippen LogP contribution in [0.15, 0.2) is 79.1 Å². The van der Waals surface area contributed by atoms with Crippen LogP contribution in [0.4, 0.5) is 4.39 Å². The Labute approximate surface area is 213 Å². The van der Waals surface area contributed by atoms with Gasteiger partial charge in [0.05, 0.1) is 31.5 Å². The highest BCUT2D eigenvalue weighted by atomic mass is 19.1. The largest absolute Gasteiger partial charge is 0.497 e. The molecule has 0 saturated heterocycles. The molecule has 0 aliphatic carbocycles. The Kier molecular flexibility index (Phi) is 9.37. The van der Waals surface area contributed by atoms with Crippen molar-refractivity contribution in [3.8, 4) is 23.0 Å². The van der Waals surface area contributed by atoms with E-state index in [1.807, 2.05) is 0 Å². The van der Waals surface area contributed by atoms with Gasteiger partial charge in [-0.25, -0.2) is 14.4 Å². The number of halogens is 1. The fourth-order valence-electron chi connectivity index (χ4n) is 3.03. The van der Waals surface area contributed by atoms with Gasteiger partial charge in [-0.1, -0.05) is 6.58 Å². The summed E-state index contributed by atoms with van der Waals surface area (Å²) in [6.45, 7) is 4.80. The number of benzene rings is 3. The average molecular weight is 508 g/mol. The minimum Gasteiger partial charge on any atom is -0.497 e. The molecule has 0 fully saturated rings. The molecule has 0 unspecified atom stereocenters. The lowest BCUT2D eigenvalue weighted by molar-refractivity contribution is -0.140. The summed E-state index contributed by atoms with van der Waals surface area (Å²) in [6, 6.07) is 17.5. The first-order valence-corrected chi connectivity index (χ1v) is 11.2. The molecule has 0 spiro atoms. The maximum atomic E-state index is 12.6. The van der Waals surface area contributed by atoms with Gasteiger partial charge in [0.25, 0.3) is 0 Å². The van der Waals surface area contributed by atoms with Crippen molar-refractivity contribution < 1.29 is 42.5 Å². The molecule has 0 bridgehead atoms. The molecule has 8 nitrogen and oxygen atoms in total. The van der Waals surface area contributed by atoms with Gasteiger partial charge in [0, 0.05) is 6.42 Å². The molecule has 0 aliphatic heterocycles. The molecular weight excluding hydrogens is 483 g/mol. The number of aryl methyl sites for hydroxylation is 1. The highest BCUT2D eigenvalue weighted by Gasteiger charge is 2.14. The summed E-state index contributed by atoms with van der Waals surface area (Å²) in [7, 11) is 1.54. The van der Waals surface area contributed by atoms with E-state index >= 15 is 0 Å². The highest BCUT2D eigenvalue weighted by Crippen LogP contribution is 2.25. The van der Waals surface area contributed by atoms with Crippen molar-refractivity contribution in [1.29, 1.82) is 0 Å². The minimum atomic E-state index is -1.15. The van der Waals surface area contributed by atoms with E-state index in [1.165, 1.54) is 13.2 Å². The van der Waals surface area contributed by atoms with Gasteiger partial charge in [-0.15, -0.1) is 0 Å². The SMILES string of the molecule is C=C(F)C(=O)OCCCOc1ccc(C(=O)Oc2ccc(OC(=O)c3ccc(OC)cc3)cc2C)cc1. The first-order chi connectivity index (χ1) is 17.8. The molecule has 3 rings (SSSR count). The number of ether oxygens (including phenoxy) is 5. The van der Waals surface area contributed by atoms with Gasteiger partial charge in [0.15, 0.2) is 0 Å². The smallest absolute Gasteiger partial charge is 0.366 e. The van der Waals surface area contributed by atoms with E-state index in [4.69, 9.17) is 18.9 Å². The van der Waals surface area contributed by atoms with Crippen molar-refractivity contribution in [2.24, 2.45) is 0 Å². The van der Waals surface area contributed by atoms with Crippen LogP contribution in [0.5, 0.6) is 23.0 Å². The molecule has 3 aromatic rings. The van der Waals surface area contributed by atoms with Crippen LogP contribution < -0.4 is 18.9 Å². The number of carbonyl (C=O) groups is 3.